The minimum absolute atomic E-state index is 0.00223. The summed E-state index contributed by atoms with van der Waals surface area (Å²) in [6, 6.07) is 15.2. The van der Waals surface area contributed by atoms with Crippen molar-refractivity contribution < 1.29 is 19.1 Å². The van der Waals surface area contributed by atoms with Gasteiger partial charge in [-0.05, 0) is 42.8 Å². The zero-order chi connectivity index (χ0) is 24.5. The third-order valence-corrected chi connectivity index (χ3v) is 6.00. The number of methoxy groups -OCH3 is 1. The fourth-order valence-electron chi connectivity index (χ4n) is 3.55. The van der Waals surface area contributed by atoms with Crippen molar-refractivity contribution in [2.45, 2.75) is 13.5 Å². The van der Waals surface area contributed by atoms with Crippen LogP contribution in [0, 0.1) is 6.92 Å². The lowest BCUT2D eigenvalue weighted by molar-refractivity contribution is -0.117. The van der Waals surface area contributed by atoms with Crippen molar-refractivity contribution in [1.29, 1.82) is 0 Å². The lowest BCUT2D eigenvalue weighted by Gasteiger charge is -2.14. The molecule has 1 aliphatic rings. The van der Waals surface area contributed by atoms with Gasteiger partial charge in [-0.25, -0.2) is 9.99 Å². The Kier molecular flexibility index (Phi) is 5.75. The van der Waals surface area contributed by atoms with Crippen molar-refractivity contribution in [3.05, 3.63) is 86.8 Å². The molecule has 1 saturated heterocycles. The molecular formula is C24H19N5O5S. The van der Waals surface area contributed by atoms with Crippen LogP contribution >= 0.6 is 11.3 Å². The molecule has 0 aliphatic carbocycles. The molecule has 1 aliphatic heterocycles. The molecule has 1 fully saturated rings. The Morgan fingerprint density at radius 2 is 1.86 bits per heavy atom. The van der Waals surface area contributed by atoms with Gasteiger partial charge in [-0.3, -0.25) is 19.8 Å². The van der Waals surface area contributed by atoms with Crippen molar-refractivity contribution in [2.24, 2.45) is 0 Å². The van der Waals surface area contributed by atoms with Crippen LogP contribution in [0.25, 0.3) is 11.0 Å². The Hall–Kier alpha value is -4.51. The fourth-order valence-corrected chi connectivity index (χ4v) is 4.32. The minimum atomic E-state index is -0.496. The van der Waals surface area contributed by atoms with E-state index in [1.54, 1.807) is 49.4 Å². The van der Waals surface area contributed by atoms with Crippen LogP contribution in [-0.2, 0) is 16.2 Å². The van der Waals surface area contributed by atoms with Crippen LogP contribution in [0.2, 0.25) is 0 Å². The first kappa shape index (κ1) is 22.3. The first-order valence-corrected chi connectivity index (χ1v) is 11.3. The molecule has 10 nitrogen and oxygen atoms in total. The molecule has 2 aromatic heterocycles. The molecule has 0 spiro atoms. The summed E-state index contributed by atoms with van der Waals surface area (Å²) in [6.07, 6.45) is 1.50. The van der Waals surface area contributed by atoms with Crippen molar-refractivity contribution in [1.82, 2.24) is 20.0 Å². The van der Waals surface area contributed by atoms with Gasteiger partial charge in [0.2, 0.25) is 4.96 Å². The second kappa shape index (κ2) is 9.03. The highest BCUT2D eigenvalue weighted by molar-refractivity contribution is 7.16. The molecule has 0 unspecified atom stereocenters. The number of carbonyl (C=O) groups excluding carboxylic acids is 2. The largest absolute Gasteiger partial charge is 0.493 e. The Morgan fingerprint density at radius 1 is 1.06 bits per heavy atom. The van der Waals surface area contributed by atoms with Crippen LogP contribution in [0.4, 0.5) is 5.69 Å². The molecular weight excluding hydrogens is 470 g/mol. The normalized spacial score (nSPS) is 14.6. The standard InChI is InChI=1S/C24H19N5O5S/c1-14-26-29-21(30)12-16(25-24(29)35-14)13-34-19-9-8-15(11-20(19)33-2)10-18-22(31)27-28(23(18)32)17-6-4-3-5-7-17/h3-12H,13H2,1-2H3,(H,27,31)/b18-10+. The van der Waals surface area contributed by atoms with Crippen LogP contribution in [0.1, 0.15) is 16.3 Å². The number of aryl methyl sites for hydroxylation is 1. The van der Waals surface area contributed by atoms with E-state index < -0.39 is 11.8 Å². The summed E-state index contributed by atoms with van der Waals surface area (Å²) >= 11 is 1.32. The topological polar surface area (TPSA) is 115 Å². The van der Waals surface area contributed by atoms with Crippen LogP contribution in [-0.4, -0.2) is 33.5 Å². The number of nitrogens with zero attached hydrogens (tertiary/aromatic N) is 4. The van der Waals surface area contributed by atoms with Crippen molar-refractivity contribution in [3.8, 4) is 11.5 Å². The Labute approximate surface area is 203 Å². The van der Waals surface area contributed by atoms with Gasteiger partial charge in [-0.1, -0.05) is 35.6 Å². The predicted molar refractivity (Wildman–Crippen MR) is 129 cm³/mol. The molecule has 0 radical (unpaired) electrons. The van der Waals surface area contributed by atoms with Gasteiger partial charge < -0.3 is 9.47 Å². The number of anilines is 1. The van der Waals surface area contributed by atoms with E-state index in [1.807, 2.05) is 6.07 Å². The molecule has 5 rings (SSSR count). The Morgan fingerprint density at radius 3 is 2.63 bits per heavy atom. The predicted octanol–water partition coefficient (Wildman–Crippen LogP) is 2.51. The Bertz CT molecular complexity index is 1540. The molecule has 2 amide bonds. The molecule has 4 aromatic rings. The highest BCUT2D eigenvalue weighted by Crippen LogP contribution is 2.30. The molecule has 2 aromatic carbocycles. The Balaban J connectivity index is 1.36. The highest BCUT2D eigenvalue weighted by Gasteiger charge is 2.34. The maximum atomic E-state index is 12.8. The zero-order valence-electron chi connectivity index (χ0n) is 18.7. The molecule has 3 heterocycles. The maximum absolute atomic E-state index is 12.8. The van der Waals surface area contributed by atoms with Gasteiger partial charge in [0.15, 0.2) is 11.5 Å². The number of carbonyl (C=O) groups is 2. The van der Waals surface area contributed by atoms with E-state index in [-0.39, 0.29) is 17.7 Å². The van der Waals surface area contributed by atoms with E-state index in [4.69, 9.17) is 9.47 Å². The minimum Gasteiger partial charge on any atom is -0.493 e. The average molecular weight is 490 g/mol. The first-order chi connectivity index (χ1) is 16.9. The van der Waals surface area contributed by atoms with E-state index in [0.717, 1.165) is 5.01 Å². The quantitative estimate of drug-likeness (QED) is 0.327. The van der Waals surface area contributed by atoms with E-state index in [9.17, 15) is 14.4 Å². The number of nitrogens with one attached hydrogen (secondary N) is 1. The third kappa shape index (κ3) is 4.36. The molecule has 0 atom stereocenters. The monoisotopic (exact) mass is 489 g/mol. The van der Waals surface area contributed by atoms with Gasteiger partial charge in [0.1, 0.15) is 17.2 Å². The molecule has 11 heteroatoms. The zero-order valence-corrected chi connectivity index (χ0v) is 19.5. The number of benzene rings is 2. The smallest absolute Gasteiger partial charge is 0.282 e. The van der Waals surface area contributed by atoms with E-state index >= 15 is 0 Å². The number of hydrazine groups is 1. The van der Waals surface area contributed by atoms with Crippen LogP contribution < -0.4 is 25.5 Å². The summed E-state index contributed by atoms with van der Waals surface area (Å²) in [5, 5.41) is 6.07. The number of hydrogen-bond acceptors (Lipinski definition) is 8. The van der Waals surface area contributed by atoms with Crippen molar-refractivity contribution in [2.75, 3.05) is 12.1 Å². The van der Waals surface area contributed by atoms with E-state index in [2.05, 4.69) is 15.5 Å². The van der Waals surface area contributed by atoms with Crippen LogP contribution in [0.5, 0.6) is 11.5 Å². The van der Waals surface area contributed by atoms with Gasteiger partial charge >= 0.3 is 0 Å². The highest BCUT2D eigenvalue weighted by atomic mass is 32.1. The number of aromatic nitrogens is 3. The van der Waals surface area contributed by atoms with Gasteiger partial charge in [-0.2, -0.15) is 9.61 Å². The number of rotatable bonds is 6. The summed E-state index contributed by atoms with van der Waals surface area (Å²) in [6.45, 7) is 1.85. The molecule has 0 saturated carbocycles. The number of para-hydroxylation sites is 1. The van der Waals surface area contributed by atoms with Crippen LogP contribution in [0.15, 0.2) is 65.0 Å². The molecule has 176 valence electrons. The lowest BCUT2D eigenvalue weighted by Crippen LogP contribution is -2.35. The second-order valence-corrected chi connectivity index (χ2v) is 8.74. The van der Waals surface area contributed by atoms with Crippen molar-refractivity contribution in [3.63, 3.8) is 0 Å². The maximum Gasteiger partial charge on any atom is 0.282 e. The summed E-state index contributed by atoms with van der Waals surface area (Å²) in [4.78, 5) is 42.4. The summed E-state index contributed by atoms with van der Waals surface area (Å²) < 4.78 is 12.5. The van der Waals surface area contributed by atoms with Gasteiger partial charge in [0, 0.05) is 6.07 Å². The number of fused-ring (bicyclic) bond motifs is 1. The average Bonchev–Trinajstić information content (AvgIpc) is 3.38. The van der Waals surface area contributed by atoms with E-state index in [1.165, 1.54) is 40.1 Å². The number of hydrogen-bond donors (Lipinski definition) is 1. The number of amides is 2. The molecule has 1 N–H and O–H groups in total. The van der Waals surface area contributed by atoms with Crippen molar-refractivity contribution >= 4 is 39.9 Å². The number of ether oxygens (including phenoxy) is 2. The van der Waals surface area contributed by atoms with Gasteiger partial charge in [0.05, 0.1) is 18.5 Å². The summed E-state index contributed by atoms with van der Waals surface area (Å²) in [5.74, 6) is -0.127. The lowest BCUT2D eigenvalue weighted by atomic mass is 10.1. The third-order valence-electron chi connectivity index (χ3n) is 5.18. The van der Waals surface area contributed by atoms with Gasteiger partial charge in [-0.15, -0.1) is 0 Å². The van der Waals surface area contributed by atoms with Gasteiger partial charge in [0.25, 0.3) is 17.4 Å². The second-order valence-electron chi connectivity index (χ2n) is 7.58. The molecule has 35 heavy (non-hydrogen) atoms. The SMILES string of the molecule is COc1cc(/C=C2\C(=O)NN(c3ccccc3)C2=O)ccc1OCc1cc(=O)n2nc(C)sc2n1. The summed E-state index contributed by atoms with van der Waals surface area (Å²) in [7, 11) is 1.49. The van der Waals surface area contributed by atoms with E-state index in [0.29, 0.717) is 33.4 Å². The fraction of sp³-hybridized carbons (Fsp3) is 0.125. The first-order valence-electron chi connectivity index (χ1n) is 10.5. The van der Waals surface area contributed by atoms with Crippen LogP contribution in [0.3, 0.4) is 0 Å². The molecule has 0 bridgehead atoms. The summed E-state index contributed by atoms with van der Waals surface area (Å²) in [5.41, 5.74) is 3.90.